The number of carbonyl (C=O) groups excluding carboxylic acids is 1. The molecule has 0 radical (unpaired) electrons. The molecule has 0 saturated heterocycles. The van der Waals surface area contributed by atoms with E-state index < -0.39 is 23.4 Å². The fourth-order valence-corrected chi connectivity index (χ4v) is 4.41. The van der Waals surface area contributed by atoms with Crippen LogP contribution in [0.25, 0.3) is 22.2 Å². The number of carbonyl (C=O) groups is 1. The average Bonchev–Trinajstić information content (AvgIpc) is 3.49. The Morgan fingerprint density at radius 3 is 2.42 bits per heavy atom. The summed E-state index contributed by atoms with van der Waals surface area (Å²) < 4.78 is 44.0. The number of ether oxygens (including phenoxy) is 1. The highest BCUT2D eigenvalue weighted by Crippen LogP contribution is 2.54. The van der Waals surface area contributed by atoms with E-state index in [2.05, 4.69) is 10.3 Å². The van der Waals surface area contributed by atoms with Crippen molar-refractivity contribution in [2.24, 2.45) is 0 Å². The van der Waals surface area contributed by atoms with Crippen LogP contribution in [-0.2, 0) is 10.9 Å². The van der Waals surface area contributed by atoms with Crippen LogP contribution in [0.4, 0.5) is 23.7 Å². The van der Waals surface area contributed by atoms with Crippen LogP contribution in [0.2, 0.25) is 0 Å². The highest BCUT2D eigenvalue weighted by atomic mass is 19.4. The number of amides is 1. The normalized spacial score (nSPS) is 17.7. The molecule has 4 aromatic rings. The number of para-hydroxylation sites is 1. The first kappa shape index (κ1) is 23.9. The van der Waals surface area contributed by atoms with Crippen molar-refractivity contribution in [3.8, 4) is 11.1 Å². The summed E-state index contributed by atoms with van der Waals surface area (Å²) in [7, 11) is 0. The molecule has 1 heterocycles. The largest absolute Gasteiger partial charge is 0.444 e. The molecular formula is C28H26F3N3O2. The number of anilines is 1. The Labute approximate surface area is 206 Å². The van der Waals surface area contributed by atoms with Crippen LogP contribution in [0.5, 0.6) is 0 Å². The molecule has 1 amide bonds. The highest BCUT2D eigenvalue weighted by Gasteiger charge is 2.42. The Morgan fingerprint density at radius 2 is 1.72 bits per heavy atom. The predicted molar refractivity (Wildman–Crippen MR) is 133 cm³/mol. The minimum atomic E-state index is -4.33. The molecule has 0 aliphatic heterocycles. The maximum absolute atomic E-state index is 12.9. The number of nitrogens with zero attached hydrogens (tertiary/aromatic N) is 1. The number of rotatable bonds is 4. The summed E-state index contributed by atoms with van der Waals surface area (Å²) in [4.78, 5) is 20.4. The molecule has 0 bridgehead atoms. The number of imidazole rings is 1. The summed E-state index contributed by atoms with van der Waals surface area (Å²) in [5.41, 5.74) is 3.69. The van der Waals surface area contributed by atoms with Gasteiger partial charge in [0.15, 0.2) is 0 Å². The third-order valence-corrected chi connectivity index (χ3v) is 6.18. The molecule has 1 aliphatic carbocycles. The quantitative estimate of drug-likeness (QED) is 0.304. The Balaban J connectivity index is 1.36. The minimum Gasteiger partial charge on any atom is -0.444 e. The minimum absolute atomic E-state index is 0.138. The first-order valence-electron chi connectivity index (χ1n) is 11.7. The van der Waals surface area contributed by atoms with Crippen molar-refractivity contribution < 1.29 is 22.7 Å². The van der Waals surface area contributed by atoms with Crippen LogP contribution in [0.15, 0.2) is 66.7 Å². The molecule has 8 heteroatoms. The van der Waals surface area contributed by atoms with Crippen molar-refractivity contribution in [1.29, 1.82) is 0 Å². The molecule has 1 saturated carbocycles. The number of benzene rings is 3. The Bertz CT molecular complexity index is 1420. The number of H-pyrrole nitrogens is 1. The molecular weight excluding hydrogens is 467 g/mol. The van der Waals surface area contributed by atoms with Crippen molar-refractivity contribution in [2.45, 2.75) is 50.8 Å². The predicted octanol–water partition coefficient (Wildman–Crippen LogP) is 7.87. The van der Waals surface area contributed by atoms with Crippen LogP contribution in [0, 0.1) is 0 Å². The van der Waals surface area contributed by atoms with E-state index in [0.717, 1.165) is 52.1 Å². The molecule has 1 aromatic heterocycles. The fourth-order valence-electron chi connectivity index (χ4n) is 4.41. The molecule has 5 rings (SSSR count). The van der Waals surface area contributed by atoms with Gasteiger partial charge in [0.2, 0.25) is 0 Å². The Morgan fingerprint density at radius 1 is 1.00 bits per heavy atom. The molecule has 36 heavy (non-hydrogen) atoms. The van der Waals surface area contributed by atoms with Gasteiger partial charge in [-0.2, -0.15) is 13.2 Å². The van der Waals surface area contributed by atoms with Crippen molar-refractivity contribution in [1.82, 2.24) is 9.97 Å². The summed E-state index contributed by atoms with van der Waals surface area (Å²) in [6.07, 6.45) is -4.03. The molecule has 0 spiro atoms. The zero-order chi connectivity index (χ0) is 25.7. The number of hydrogen-bond acceptors (Lipinski definition) is 3. The van der Waals surface area contributed by atoms with Crippen LogP contribution < -0.4 is 5.32 Å². The van der Waals surface area contributed by atoms with E-state index in [1.165, 1.54) is 0 Å². The number of aromatic nitrogens is 2. The van der Waals surface area contributed by atoms with Crippen molar-refractivity contribution in [2.75, 3.05) is 5.32 Å². The van der Waals surface area contributed by atoms with Gasteiger partial charge in [-0.15, -0.1) is 0 Å². The molecule has 1 aliphatic rings. The van der Waals surface area contributed by atoms with Gasteiger partial charge in [-0.25, -0.2) is 9.78 Å². The highest BCUT2D eigenvalue weighted by molar-refractivity contribution is 5.93. The van der Waals surface area contributed by atoms with Gasteiger partial charge in [0.25, 0.3) is 0 Å². The van der Waals surface area contributed by atoms with Gasteiger partial charge in [-0.05, 0) is 74.6 Å². The zero-order valence-electron chi connectivity index (χ0n) is 20.1. The lowest BCUT2D eigenvalue weighted by molar-refractivity contribution is -0.137. The van der Waals surface area contributed by atoms with E-state index in [1.807, 2.05) is 63.2 Å². The number of nitrogens with one attached hydrogen (secondary N) is 2. The van der Waals surface area contributed by atoms with Gasteiger partial charge in [0.05, 0.1) is 22.3 Å². The standard InChI is InChI=1S/C28H26F3N3O2/c1-27(2,3)36-26(35)34-22-7-5-4-6-19(22)17-10-13-23-24(14-17)33-25(32-23)21-15-20(21)16-8-11-18(12-9-16)28(29,30)31/h4-14,20-21H,15H2,1-3H3,(H,32,33)(H,34,35). The van der Waals surface area contributed by atoms with E-state index in [0.29, 0.717) is 5.69 Å². The number of hydrogen-bond donors (Lipinski definition) is 2. The topological polar surface area (TPSA) is 67.0 Å². The number of fused-ring (bicyclic) bond motifs is 1. The monoisotopic (exact) mass is 493 g/mol. The fraction of sp³-hybridized carbons (Fsp3) is 0.286. The van der Waals surface area contributed by atoms with Gasteiger partial charge < -0.3 is 9.72 Å². The smallest absolute Gasteiger partial charge is 0.416 e. The molecule has 186 valence electrons. The summed E-state index contributed by atoms with van der Waals surface area (Å²) in [5, 5.41) is 2.83. The number of aromatic amines is 1. The van der Waals surface area contributed by atoms with E-state index >= 15 is 0 Å². The molecule has 2 atom stereocenters. The molecule has 2 unspecified atom stereocenters. The van der Waals surface area contributed by atoms with Crippen LogP contribution >= 0.6 is 0 Å². The van der Waals surface area contributed by atoms with E-state index in [9.17, 15) is 18.0 Å². The second kappa shape index (κ2) is 8.69. The molecule has 1 fully saturated rings. The lowest BCUT2D eigenvalue weighted by atomic mass is 10.0. The Hall–Kier alpha value is -3.81. The van der Waals surface area contributed by atoms with Gasteiger partial charge in [-0.1, -0.05) is 36.4 Å². The number of alkyl halides is 3. The third-order valence-electron chi connectivity index (χ3n) is 6.18. The summed E-state index contributed by atoms with van der Waals surface area (Å²) >= 11 is 0. The number of halogens is 3. The first-order valence-corrected chi connectivity index (χ1v) is 11.7. The summed E-state index contributed by atoms with van der Waals surface area (Å²) in [6.45, 7) is 5.43. The molecule has 2 N–H and O–H groups in total. The van der Waals surface area contributed by atoms with Gasteiger partial charge in [-0.3, -0.25) is 5.32 Å². The van der Waals surface area contributed by atoms with E-state index in [-0.39, 0.29) is 11.8 Å². The van der Waals surface area contributed by atoms with Crippen LogP contribution in [0.1, 0.15) is 56.0 Å². The van der Waals surface area contributed by atoms with Crippen LogP contribution in [-0.4, -0.2) is 21.7 Å². The second-order valence-corrected chi connectivity index (χ2v) is 10.1. The lowest BCUT2D eigenvalue weighted by Gasteiger charge is -2.20. The van der Waals surface area contributed by atoms with Gasteiger partial charge in [0, 0.05) is 11.5 Å². The molecule has 5 nitrogen and oxygen atoms in total. The maximum Gasteiger partial charge on any atom is 0.416 e. The van der Waals surface area contributed by atoms with Gasteiger partial charge in [0.1, 0.15) is 11.4 Å². The van der Waals surface area contributed by atoms with Crippen molar-refractivity contribution in [3.63, 3.8) is 0 Å². The first-order chi connectivity index (χ1) is 17.0. The van der Waals surface area contributed by atoms with Crippen molar-refractivity contribution >= 4 is 22.8 Å². The van der Waals surface area contributed by atoms with Crippen LogP contribution in [0.3, 0.4) is 0 Å². The zero-order valence-corrected chi connectivity index (χ0v) is 20.1. The SMILES string of the molecule is CC(C)(C)OC(=O)Nc1ccccc1-c1ccc2nc(C3CC3c3ccc(C(F)(F)F)cc3)[nH]c2c1. The van der Waals surface area contributed by atoms with Crippen molar-refractivity contribution in [3.05, 3.63) is 83.7 Å². The average molecular weight is 494 g/mol. The second-order valence-electron chi connectivity index (χ2n) is 10.1. The van der Waals surface area contributed by atoms with Gasteiger partial charge >= 0.3 is 12.3 Å². The maximum atomic E-state index is 12.9. The Kier molecular flexibility index (Phi) is 5.77. The van der Waals surface area contributed by atoms with E-state index in [4.69, 9.17) is 9.72 Å². The lowest BCUT2D eigenvalue weighted by Crippen LogP contribution is -2.27. The summed E-state index contributed by atoms with van der Waals surface area (Å²) in [6, 6.07) is 18.7. The molecule has 3 aromatic carbocycles. The van der Waals surface area contributed by atoms with E-state index in [1.54, 1.807) is 12.1 Å². The summed E-state index contributed by atoms with van der Waals surface area (Å²) in [5.74, 6) is 1.11. The third kappa shape index (κ3) is 5.08.